The van der Waals surface area contributed by atoms with Crippen molar-refractivity contribution in [3.8, 4) is 0 Å². The molecule has 0 bridgehead atoms. The number of allylic oxidation sites excluding steroid dienone is 1. The van der Waals surface area contributed by atoms with Crippen molar-refractivity contribution in [1.82, 2.24) is 5.32 Å². The smallest absolute Gasteiger partial charge is 0.0369 e. The predicted octanol–water partition coefficient (Wildman–Crippen LogP) is 3.23. The van der Waals surface area contributed by atoms with E-state index in [0.29, 0.717) is 0 Å². The number of hydrogen-bond acceptors (Lipinski definition) is 1. The molecular weight excluding hydrogens is 166 g/mol. The average molecular weight is 180 g/mol. The second-order valence-electron chi connectivity index (χ2n) is 3.42. The molecule has 0 aromatic heterocycles. The highest BCUT2D eigenvalue weighted by atomic mass is 32.2. The summed E-state index contributed by atoms with van der Waals surface area (Å²) < 4.78 is 0. The zero-order chi connectivity index (χ0) is 8.23. The third-order valence-electron chi connectivity index (χ3n) is 2.56. The van der Waals surface area contributed by atoms with Gasteiger partial charge in [0.1, 0.15) is 0 Å². The Kier molecular flexibility index (Phi) is 2.77. The summed E-state index contributed by atoms with van der Waals surface area (Å²) in [6, 6.07) is 0. The largest absolute Gasteiger partial charge is 0.263 e. The summed E-state index contributed by atoms with van der Waals surface area (Å²) in [4.78, 5) is 1.48. The van der Waals surface area contributed by atoms with Crippen LogP contribution in [0.4, 0.5) is 0 Å². The quantitative estimate of drug-likeness (QED) is 0.604. The van der Waals surface area contributed by atoms with Crippen LogP contribution >= 0.6 is 11.8 Å². The van der Waals surface area contributed by atoms with Gasteiger partial charge in [0.2, 0.25) is 0 Å². The lowest BCUT2D eigenvalue weighted by Gasteiger charge is -2.23. The fraction of sp³-hybridized carbons (Fsp3) is 0.600. The molecule has 0 saturated heterocycles. The molecule has 2 aliphatic rings. The van der Waals surface area contributed by atoms with Gasteiger partial charge in [0.15, 0.2) is 0 Å². The summed E-state index contributed by atoms with van der Waals surface area (Å²) >= 11 is 1.86. The van der Waals surface area contributed by atoms with Crippen LogP contribution in [0, 0.1) is 5.92 Å². The average Bonchev–Trinajstić information content (AvgIpc) is 2.21. The molecule has 0 aromatic rings. The standard InChI is InChI=1S/C10H14NS/c1-2-4-9(5-3-1)10-8-11-6-7-12-10/h6-9H,1-5H2. The Labute approximate surface area is 78.3 Å². The first-order valence-electron chi connectivity index (χ1n) is 4.68. The van der Waals surface area contributed by atoms with Crippen LogP contribution in [0.1, 0.15) is 32.1 Å². The lowest BCUT2D eigenvalue weighted by atomic mass is 9.89. The molecule has 65 valence electrons. The van der Waals surface area contributed by atoms with Crippen LogP contribution < -0.4 is 5.32 Å². The van der Waals surface area contributed by atoms with Crippen LogP contribution in [0.5, 0.6) is 0 Å². The van der Waals surface area contributed by atoms with Crippen LogP contribution in [0.15, 0.2) is 22.7 Å². The van der Waals surface area contributed by atoms with Gasteiger partial charge in [-0.05, 0) is 24.2 Å². The molecule has 1 fully saturated rings. The van der Waals surface area contributed by atoms with E-state index >= 15 is 0 Å². The molecule has 0 unspecified atom stereocenters. The first-order chi connectivity index (χ1) is 5.97. The highest BCUT2D eigenvalue weighted by molar-refractivity contribution is 8.05. The third kappa shape index (κ3) is 1.86. The Morgan fingerprint density at radius 3 is 2.75 bits per heavy atom. The number of rotatable bonds is 1. The minimum absolute atomic E-state index is 0.817. The molecule has 1 aliphatic carbocycles. The van der Waals surface area contributed by atoms with Crippen LogP contribution in [-0.2, 0) is 0 Å². The van der Waals surface area contributed by atoms with E-state index in [4.69, 9.17) is 0 Å². The fourth-order valence-electron chi connectivity index (χ4n) is 1.88. The number of thioether (sulfide) groups is 1. The van der Waals surface area contributed by atoms with Crippen molar-refractivity contribution in [1.29, 1.82) is 0 Å². The van der Waals surface area contributed by atoms with Gasteiger partial charge in [-0.25, -0.2) is 0 Å². The minimum atomic E-state index is 0.817. The Bertz CT molecular complexity index is 202. The van der Waals surface area contributed by atoms with Crippen molar-refractivity contribution < 1.29 is 0 Å². The summed E-state index contributed by atoms with van der Waals surface area (Å²) in [6.07, 6.45) is 10.9. The van der Waals surface area contributed by atoms with Gasteiger partial charge in [0, 0.05) is 17.3 Å². The fourth-order valence-corrected chi connectivity index (χ4v) is 2.72. The van der Waals surface area contributed by atoms with Gasteiger partial charge in [-0.15, -0.1) is 0 Å². The van der Waals surface area contributed by atoms with Crippen LogP contribution in [0.2, 0.25) is 0 Å². The first-order valence-corrected chi connectivity index (χ1v) is 5.56. The van der Waals surface area contributed by atoms with Gasteiger partial charge in [-0.3, -0.25) is 5.32 Å². The van der Waals surface area contributed by atoms with E-state index in [1.54, 1.807) is 0 Å². The SMILES string of the molecule is C1=CSC(C2CCCCC2)=C[N]1. The Morgan fingerprint density at radius 1 is 1.25 bits per heavy atom. The molecule has 0 amide bonds. The maximum absolute atomic E-state index is 4.17. The van der Waals surface area contributed by atoms with Gasteiger partial charge in [-0.2, -0.15) is 0 Å². The van der Waals surface area contributed by atoms with E-state index in [9.17, 15) is 0 Å². The molecule has 1 heterocycles. The Balaban J connectivity index is 1.93. The van der Waals surface area contributed by atoms with E-state index in [-0.39, 0.29) is 0 Å². The van der Waals surface area contributed by atoms with E-state index in [1.807, 2.05) is 24.2 Å². The monoisotopic (exact) mass is 180 g/mol. The van der Waals surface area contributed by atoms with Crippen molar-refractivity contribution in [3.63, 3.8) is 0 Å². The van der Waals surface area contributed by atoms with Gasteiger partial charge in [0.05, 0.1) is 0 Å². The van der Waals surface area contributed by atoms with E-state index in [2.05, 4.69) is 10.7 Å². The van der Waals surface area contributed by atoms with Crippen molar-refractivity contribution in [2.75, 3.05) is 0 Å². The van der Waals surface area contributed by atoms with Crippen molar-refractivity contribution >= 4 is 11.8 Å². The normalized spacial score (nSPS) is 24.8. The van der Waals surface area contributed by atoms with Gasteiger partial charge >= 0.3 is 0 Å². The topological polar surface area (TPSA) is 14.1 Å². The summed E-state index contributed by atoms with van der Waals surface area (Å²) in [5, 5.41) is 6.26. The zero-order valence-electron chi connectivity index (χ0n) is 7.20. The maximum atomic E-state index is 4.17. The molecule has 1 nitrogen and oxygen atoms in total. The lowest BCUT2D eigenvalue weighted by molar-refractivity contribution is 0.414. The highest BCUT2D eigenvalue weighted by Crippen LogP contribution is 2.36. The maximum Gasteiger partial charge on any atom is 0.0369 e. The molecule has 0 aromatic carbocycles. The third-order valence-corrected chi connectivity index (χ3v) is 3.53. The van der Waals surface area contributed by atoms with Crippen LogP contribution in [0.3, 0.4) is 0 Å². The van der Waals surface area contributed by atoms with Gasteiger partial charge in [-0.1, -0.05) is 31.0 Å². The zero-order valence-corrected chi connectivity index (χ0v) is 8.02. The second-order valence-corrected chi connectivity index (χ2v) is 4.40. The highest BCUT2D eigenvalue weighted by Gasteiger charge is 2.18. The summed E-state index contributed by atoms with van der Waals surface area (Å²) in [7, 11) is 0. The molecule has 0 spiro atoms. The van der Waals surface area contributed by atoms with Crippen molar-refractivity contribution in [3.05, 3.63) is 22.7 Å². The van der Waals surface area contributed by atoms with Crippen LogP contribution in [-0.4, -0.2) is 0 Å². The molecule has 0 N–H and O–H groups in total. The Hall–Kier alpha value is -0.370. The lowest BCUT2D eigenvalue weighted by Crippen LogP contribution is -2.09. The second kappa shape index (κ2) is 4.04. The molecule has 1 saturated carbocycles. The van der Waals surface area contributed by atoms with E-state index in [0.717, 1.165) is 5.92 Å². The predicted molar refractivity (Wildman–Crippen MR) is 53.5 cm³/mol. The molecular formula is C10H14NS. The van der Waals surface area contributed by atoms with Crippen molar-refractivity contribution in [2.45, 2.75) is 32.1 Å². The van der Waals surface area contributed by atoms with E-state index < -0.39 is 0 Å². The van der Waals surface area contributed by atoms with Gasteiger partial charge in [0.25, 0.3) is 0 Å². The Morgan fingerprint density at radius 2 is 2.08 bits per heavy atom. The van der Waals surface area contributed by atoms with Gasteiger partial charge < -0.3 is 0 Å². The summed E-state index contributed by atoms with van der Waals surface area (Å²) in [6.45, 7) is 0. The molecule has 2 heteroatoms. The molecule has 12 heavy (non-hydrogen) atoms. The minimum Gasteiger partial charge on any atom is -0.263 e. The van der Waals surface area contributed by atoms with Crippen LogP contribution in [0.25, 0.3) is 0 Å². The van der Waals surface area contributed by atoms with Crippen molar-refractivity contribution in [2.24, 2.45) is 5.92 Å². The molecule has 1 radical (unpaired) electrons. The molecule has 2 rings (SSSR count). The summed E-state index contributed by atoms with van der Waals surface area (Å²) in [5.41, 5.74) is 0. The first kappa shape index (κ1) is 8.24. The number of hydrogen-bond donors (Lipinski definition) is 0. The molecule has 1 aliphatic heterocycles. The molecule has 0 atom stereocenters. The number of nitrogens with zero attached hydrogens (tertiary/aromatic N) is 1. The summed E-state index contributed by atoms with van der Waals surface area (Å²) in [5.74, 6) is 0.817. The van der Waals surface area contributed by atoms with E-state index in [1.165, 1.54) is 37.0 Å².